The van der Waals surface area contributed by atoms with E-state index in [0.717, 1.165) is 17.7 Å². The average Bonchev–Trinajstić information content (AvgIpc) is 2.68. The molecular weight excluding hydrogens is 284 g/mol. The SMILES string of the molecule is Cc1noc(C)c1CNc1c(F)cc(C(N)=S)cc1F. The molecule has 0 saturated heterocycles. The Morgan fingerprint density at radius 1 is 1.35 bits per heavy atom. The number of rotatable bonds is 4. The molecule has 1 heterocycles. The average molecular weight is 297 g/mol. The zero-order chi connectivity index (χ0) is 14.9. The molecule has 2 rings (SSSR count). The second kappa shape index (κ2) is 5.54. The third-order valence-electron chi connectivity index (χ3n) is 2.95. The van der Waals surface area contributed by atoms with Gasteiger partial charge in [0.15, 0.2) is 0 Å². The molecule has 0 fully saturated rings. The third-order valence-corrected chi connectivity index (χ3v) is 3.19. The second-order valence-electron chi connectivity index (χ2n) is 4.34. The Kier molecular flexibility index (Phi) is 3.99. The maximum atomic E-state index is 13.8. The highest BCUT2D eigenvalue weighted by Crippen LogP contribution is 2.22. The van der Waals surface area contributed by atoms with Crippen molar-refractivity contribution >= 4 is 22.9 Å². The number of halogens is 2. The number of anilines is 1. The Labute approximate surface area is 119 Å². The van der Waals surface area contributed by atoms with Crippen molar-refractivity contribution in [3.05, 3.63) is 46.3 Å². The van der Waals surface area contributed by atoms with Crippen LogP contribution in [0.15, 0.2) is 16.7 Å². The number of aryl methyl sites for hydroxylation is 2. The van der Waals surface area contributed by atoms with Gasteiger partial charge in [-0.3, -0.25) is 0 Å². The van der Waals surface area contributed by atoms with Gasteiger partial charge in [0.1, 0.15) is 28.1 Å². The van der Waals surface area contributed by atoms with Crippen molar-refractivity contribution in [2.45, 2.75) is 20.4 Å². The van der Waals surface area contributed by atoms with Crippen LogP contribution < -0.4 is 11.1 Å². The maximum absolute atomic E-state index is 13.8. The number of nitrogens with one attached hydrogen (secondary N) is 1. The quantitative estimate of drug-likeness (QED) is 0.850. The summed E-state index contributed by atoms with van der Waals surface area (Å²) in [7, 11) is 0. The lowest BCUT2D eigenvalue weighted by Gasteiger charge is -2.10. The van der Waals surface area contributed by atoms with Gasteiger partial charge < -0.3 is 15.6 Å². The summed E-state index contributed by atoms with van der Waals surface area (Å²) in [5, 5.41) is 6.47. The largest absolute Gasteiger partial charge is 0.389 e. The Hall–Kier alpha value is -2.02. The van der Waals surface area contributed by atoms with E-state index in [4.69, 9.17) is 22.5 Å². The second-order valence-corrected chi connectivity index (χ2v) is 4.78. The minimum absolute atomic E-state index is 0.0555. The van der Waals surface area contributed by atoms with Gasteiger partial charge in [-0.1, -0.05) is 17.4 Å². The smallest absolute Gasteiger partial charge is 0.150 e. The molecule has 0 atom stereocenters. The number of aromatic nitrogens is 1. The van der Waals surface area contributed by atoms with Crippen LogP contribution >= 0.6 is 12.2 Å². The van der Waals surface area contributed by atoms with Gasteiger partial charge in [0, 0.05) is 17.7 Å². The van der Waals surface area contributed by atoms with E-state index in [2.05, 4.69) is 10.5 Å². The van der Waals surface area contributed by atoms with E-state index < -0.39 is 11.6 Å². The number of benzene rings is 1. The molecule has 0 radical (unpaired) electrons. The Bertz CT molecular complexity index is 627. The zero-order valence-corrected chi connectivity index (χ0v) is 11.8. The lowest BCUT2D eigenvalue weighted by molar-refractivity contribution is 0.392. The van der Waals surface area contributed by atoms with Crippen LogP contribution in [0.4, 0.5) is 14.5 Å². The van der Waals surface area contributed by atoms with Gasteiger partial charge >= 0.3 is 0 Å². The topological polar surface area (TPSA) is 64.1 Å². The fourth-order valence-corrected chi connectivity index (χ4v) is 1.93. The van der Waals surface area contributed by atoms with Crippen LogP contribution in [0.1, 0.15) is 22.6 Å². The summed E-state index contributed by atoms with van der Waals surface area (Å²) in [6.07, 6.45) is 0. The first kappa shape index (κ1) is 14.4. The molecule has 1 aromatic heterocycles. The van der Waals surface area contributed by atoms with Crippen molar-refractivity contribution in [1.82, 2.24) is 5.16 Å². The summed E-state index contributed by atoms with van der Waals surface area (Å²) in [6.45, 7) is 3.71. The van der Waals surface area contributed by atoms with Gasteiger partial charge in [0.05, 0.1) is 5.69 Å². The van der Waals surface area contributed by atoms with Gasteiger partial charge in [-0.15, -0.1) is 0 Å². The van der Waals surface area contributed by atoms with Crippen molar-refractivity contribution < 1.29 is 13.3 Å². The summed E-state index contributed by atoms with van der Waals surface area (Å²) >= 11 is 4.69. The zero-order valence-electron chi connectivity index (χ0n) is 11.0. The van der Waals surface area contributed by atoms with Crippen LogP contribution in [0.2, 0.25) is 0 Å². The summed E-state index contributed by atoms with van der Waals surface area (Å²) in [4.78, 5) is -0.0555. The molecule has 20 heavy (non-hydrogen) atoms. The monoisotopic (exact) mass is 297 g/mol. The summed E-state index contributed by atoms with van der Waals surface area (Å²) in [5.41, 5.74) is 6.71. The molecule has 1 aromatic carbocycles. The lowest BCUT2D eigenvalue weighted by Crippen LogP contribution is -2.12. The predicted molar refractivity (Wildman–Crippen MR) is 75.5 cm³/mol. The molecule has 2 aromatic rings. The van der Waals surface area contributed by atoms with E-state index in [1.54, 1.807) is 13.8 Å². The maximum Gasteiger partial charge on any atom is 0.150 e. The highest BCUT2D eigenvalue weighted by molar-refractivity contribution is 7.80. The number of hydrogen-bond donors (Lipinski definition) is 2. The molecule has 7 heteroatoms. The van der Waals surface area contributed by atoms with E-state index >= 15 is 0 Å². The van der Waals surface area contributed by atoms with Crippen LogP contribution in [0.3, 0.4) is 0 Å². The van der Waals surface area contributed by atoms with E-state index in [-0.39, 0.29) is 22.8 Å². The van der Waals surface area contributed by atoms with Crippen molar-refractivity contribution in [3.8, 4) is 0 Å². The minimum atomic E-state index is -0.750. The Morgan fingerprint density at radius 2 is 1.95 bits per heavy atom. The molecule has 0 bridgehead atoms. The third kappa shape index (κ3) is 2.77. The van der Waals surface area contributed by atoms with Crippen molar-refractivity contribution in [1.29, 1.82) is 0 Å². The molecule has 0 aliphatic heterocycles. The van der Waals surface area contributed by atoms with Gasteiger partial charge in [0.2, 0.25) is 0 Å². The first-order valence-electron chi connectivity index (χ1n) is 5.84. The van der Waals surface area contributed by atoms with E-state index in [1.165, 1.54) is 0 Å². The van der Waals surface area contributed by atoms with Gasteiger partial charge in [-0.25, -0.2) is 8.78 Å². The standard InChI is InChI=1S/C13H13F2N3OS/c1-6-9(7(2)19-18-6)5-17-12-10(14)3-8(13(16)20)4-11(12)15/h3-4,17H,5H2,1-2H3,(H2,16,20). The first-order chi connectivity index (χ1) is 9.40. The van der Waals surface area contributed by atoms with Crippen molar-refractivity contribution in [2.24, 2.45) is 5.73 Å². The van der Waals surface area contributed by atoms with Gasteiger partial charge in [-0.2, -0.15) is 0 Å². The summed E-state index contributed by atoms with van der Waals surface area (Å²) in [6, 6.07) is 2.20. The van der Waals surface area contributed by atoms with Crippen LogP contribution in [-0.2, 0) is 6.54 Å². The fraction of sp³-hybridized carbons (Fsp3) is 0.231. The van der Waals surface area contributed by atoms with E-state index in [0.29, 0.717) is 11.5 Å². The molecule has 0 saturated carbocycles. The number of nitrogens with zero attached hydrogens (tertiary/aromatic N) is 1. The van der Waals surface area contributed by atoms with Crippen molar-refractivity contribution in [3.63, 3.8) is 0 Å². The van der Waals surface area contributed by atoms with E-state index in [9.17, 15) is 8.78 Å². The van der Waals surface area contributed by atoms with Crippen LogP contribution in [0, 0.1) is 25.5 Å². The molecule has 4 nitrogen and oxygen atoms in total. The van der Waals surface area contributed by atoms with Crippen LogP contribution in [0.5, 0.6) is 0 Å². The molecule has 0 amide bonds. The van der Waals surface area contributed by atoms with Gasteiger partial charge in [-0.05, 0) is 26.0 Å². The highest BCUT2D eigenvalue weighted by atomic mass is 32.1. The molecular formula is C13H13F2N3OS. The summed E-state index contributed by atoms with van der Waals surface area (Å²) in [5.74, 6) is -0.894. The summed E-state index contributed by atoms with van der Waals surface area (Å²) < 4.78 is 32.7. The number of hydrogen-bond acceptors (Lipinski definition) is 4. The number of thiocarbonyl (C=S) groups is 1. The number of nitrogens with two attached hydrogens (primary N) is 1. The van der Waals surface area contributed by atoms with Crippen molar-refractivity contribution in [2.75, 3.05) is 5.32 Å². The van der Waals surface area contributed by atoms with E-state index in [1.807, 2.05) is 0 Å². The molecule has 0 aliphatic rings. The predicted octanol–water partition coefficient (Wildman–Crippen LogP) is 2.82. The van der Waals surface area contributed by atoms with Gasteiger partial charge in [0.25, 0.3) is 0 Å². The molecule has 3 N–H and O–H groups in total. The Balaban J connectivity index is 2.24. The normalized spacial score (nSPS) is 10.6. The lowest BCUT2D eigenvalue weighted by atomic mass is 10.1. The fourth-order valence-electron chi connectivity index (χ4n) is 1.82. The highest BCUT2D eigenvalue weighted by Gasteiger charge is 2.14. The molecule has 106 valence electrons. The van der Waals surface area contributed by atoms with Crippen LogP contribution in [0.25, 0.3) is 0 Å². The Morgan fingerprint density at radius 3 is 2.40 bits per heavy atom. The molecule has 0 aliphatic carbocycles. The molecule has 0 spiro atoms. The molecule has 0 unspecified atom stereocenters. The minimum Gasteiger partial charge on any atom is -0.389 e. The first-order valence-corrected chi connectivity index (χ1v) is 6.25. The van der Waals surface area contributed by atoms with Crippen LogP contribution in [-0.4, -0.2) is 10.1 Å².